The van der Waals surface area contributed by atoms with Gasteiger partial charge in [0.15, 0.2) is 0 Å². The monoisotopic (exact) mass is 565 g/mol. The maximum Gasteiger partial charge on any atom is 0.0786 e. The van der Waals surface area contributed by atoms with Gasteiger partial charge in [0.25, 0.3) is 0 Å². The molecule has 0 fully saturated rings. The Morgan fingerprint density at radius 1 is 0.281 bits per heavy atom. The van der Waals surface area contributed by atoms with Crippen molar-refractivity contribution in [2.24, 2.45) is 0 Å². The van der Waals surface area contributed by atoms with Crippen LogP contribution >= 0.6 is 0 Å². The van der Waals surface area contributed by atoms with Gasteiger partial charge < -0.3 is 28.5 Å². The molecule has 32 heavy (non-hydrogen) atoms. The number of quaternary nitrogens is 1. The van der Waals surface area contributed by atoms with E-state index in [2.05, 4.69) is 27.7 Å². The molecule has 0 heterocycles. The van der Waals surface area contributed by atoms with Crippen LogP contribution in [0.4, 0.5) is 0 Å². The smallest absolute Gasteiger partial charge is 0.0786 e. The fourth-order valence-electron chi connectivity index (χ4n) is 5.23. The van der Waals surface area contributed by atoms with Crippen molar-refractivity contribution in [3.63, 3.8) is 0 Å². The summed E-state index contributed by atoms with van der Waals surface area (Å²) in [7, 11) is 0. The third kappa shape index (κ3) is 22.5. The molecule has 0 saturated heterocycles. The fraction of sp³-hybridized carbons (Fsp3) is 1.00. The molecule has 0 aromatic carbocycles. The molecule has 0 unspecified atom stereocenters. The summed E-state index contributed by atoms with van der Waals surface area (Å²) < 4.78 is 1.47. The van der Waals surface area contributed by atoms with Crippen LogP contribution < -0.4 is 24.0 Å². The molecular formula is C30H64IN. The van der Waals surface area contributed by atoms with Gasteiger partial charge in [0.1, 0.15) is 0 Å². The molecule has 0 saturated carbocycles. The fourth-order valence-corrected chi connectivity index (χ4v) is 5.23. The molecule has 0 aliphatic heterocycles. The largest absolute Gasteiger partial charge is 1.00 e. The Hall–Kier alpha value is 0.690. The molecule has 0 amide bonds. The first-order chi connectivity index (χ1) is 15.2. The summed E-state index contributed by atoms with van der Waals surface area (Å²) in [6, 6.07) is 0. The summed E-state index contributed by atoms with van der Waals surface area (Å²) in [6.45, 7) is 15.2. The predicted molar refractivity (Wildman–Crippen MR) is 144 cm³/mol. The number of hydrogen-bond donors (Lipinski definition) is 0. The van der Waals surface area contributed by atoms with Crippen molar-refractivity contribution in [3.8, 4) is 0 Å². The lowest BCUT2D eigenvalue weighted by Crippen LogP contribution is -3.00. The van der Waals surface area contributed by atoms with Gasteiger partial charge in [-0.2, -0.15) is 0 Å². The highest BCUT2D eigenvalue weighted by Gasteiger charge is 2.25. The third-order valence-electron chi connectivity index (χ3n) is 7.44. The second kappa shape index (κ2) is 27.9. The molecule has 2 heteroatoms. The maximum atomic E-state index is 2.35. The van der Waals surface area contributed by atoms with E-state index in [1.54, 1.807) is 0 Å². The predicted octanol–water partition coefficient (Wildman–Crippen LogP) is 7.47. The molecule has 0 rings (SSSR count). The standard InChI is InChI=1S/C30H64N.HI/c1-5-9-13-17-20-24-28-31(27-23-16-12-8-4,29-25-21-18-14-10-6-2)30-26-22-19-15-11-7-3;/h5-30H2,1-4H3;1H/q+1;/p-1. The number of nitrogens with zero attached hydrogens (tertiary/aromatic N) is 1. The van der Waals surface area contributed by atoms with E-state index in [0.717, 1.165) is 0 Å². The molecule has 196 valence electrons. The van der Waals surface area contributed by atoms with Crippen molar-refractivity contribution in [2.45, 2.75) is 169 Å². The van der Waals surface area contributed by atoms with Crippen molar-refractivity contribution >= 4 is 0 Å². The van der Waals surface area contributed by atoms with Crippen molar-refractivity contribution in [3.05, 3.63) is 0 Å². The first-order valence-corrected chi connectivity index (χ1v) is 15.1. The summed E-state index contributed by atoms with van der Waals surface area (Å²) in [5.41, 5.74) is 0. The van der Waals surface area contributed by atoms with Gasteiger partial charge in [0.05, 0.1) is 26.2 Å². The van der Waals surface area contributed by atoms with Gasteiger partial charge in [-0.05, 0) is 51.4 Å². The van der Waals surface area contributed by atoms with Gasteiger partial charge in [0, 0.05) is 0 Å². The Morgan fingerprint density at radius 2 is 0.469 bits per heavy atom. The van der Waals surface area contributed by atoms with Crippen LogP contribution in [0.3, 0.4) is 0 Å². The zero-order valence-corrected chi connectivity index (χ0v) is 25.4. The minimum atomic E-state index is 0. The second-order valence-corrected chi connectivity index (χ2v) is 10.6. The van der Waals surface area contributed by atoms with Crippen LogP contribution in [0.15, 0.2) is 0 Å². The van der Waals surface area contributed by atoms with E-state index in [1.165, 1.54) is 172 Å². The van der Waals surface area contributed by atoms with Gasteiger partial charge >= 0.3 is 0 Å². The van der Waals surface area contributed by atoms with Crippen LogP contribution in [-0.2, 0) is 0 Å². The van der Waals surface area contributed by atoms with Crippen molar-refractivity contribution < 1.29 is 28.5 Å². The zero-order chi connectivity index (χ0) is 22.9. The van der Waals surface area contributed by atoms with E-state index in [4.69, 9.17) is 0 Å². The molecule has 0 radical (unpaired) electrons. The first-order valence-electron chi connectivity index (χ1n) is 15.1. The van der Waals surface area contributed by atoms with Gasteiger partial charge in [-0.25, -0.2) is 0 Å². The van der Waals surface area contributed by atoms with E-state index >= 15 is 0 Å². The van der Waals surface area contributed by atoms with Gasteiger partial charge in [-0.15, -0.1) is 0 Å². The van der Waals surface area contributed by atoms with Crippen LogP contribution in [0.25, 0.3) is 0 Å². The topological polar surface area (TPSA) is 0 Å². The highest BCUT2D eigenvalue weighted by molar-refractivity contribution is 4.54. The Morgan fingerprint density at radius 3 is 0.719 bits per heavy atom. The summed E-state index contributed by atoms with van der Waals surface area (Å²) in [5.74, 6) is 0. The molecule has 0 atom stereocenters. The Balaban J connectivity index is 0. The average molecular weight is 566 g/mol. The summed E-state index contributed by atoms with van der Waals surface area (Å²) in [4.78, 5) is 0. The quantitative estimate of drug-likeness (QED) is 0.0580. The Labute approximate surface area is 222 Å². The minimum absolute atomic E-state index is 0. The number of hydrogen-bond acceptors (Lipinski definition) is 0. The van der Waals surface area contributed by atoms with Crippen LogP contribution in [0.5, 0.6) is 0 Å². The lowest BCUT2D eigenvalue weighted by atomic mass is 10.0. The van der Waals surface area contributed by atoms with Crippen LogP contribution in [0, 0.1) is 0 Å². The third-order valence-corrected chi connectivity index (χ3v) is 7.44. The van der Waals surface area contributed by atoms with Crippen molar-refractivity contribution in [1.82, 2.24) is 0 Å². The molecule has 1 nitrogen and oxygen atoms in total. The molecule has 0 aromatic heterocycles. The van der Waals surface area contributed by atoms with Gasteiger partial charge in [0.2, 0.25) is 0 Å². The number of halogens is 1. The van der Waals surface area contributed by atoms with Crippen LogP contribution in [-0.4, -0.2) is 30.7 Å². The summed E-state index contributed by atoms with van der Waals surface area (Å²) in [6.07, 6.45) is 31.8. The number of rotatable bonds is 26. The highest BCUT2D eigenvalue weighted by Crippen LogP contribution is 2.20. The number of unbranched alkanes of at least 4 members (excludes halogenated alkanes) is 18. The second-order valence-electron chi connectivity index (χ2n) is 10.6. The lowest BCUT2D eigenvalue weighted by Gasteiger charge is -2.39. The molecule has 0 spiro atoms. The first kappa shape index (κ1) is 34.9. The van der Waals surface area contributed by atoms with E-state index in [-0.39, 0.29) is 24.0 Å². The van der Waals surface area contributed by atoms with Gasteiger partial charge in [-0.3, -0.25) is 0 Å². The minimum Gasteiger partial charge on any atom is -1.00 e. The molecule has 0 bridgehead atoms. The molecular weight excluding hydrogens is 501 g/mol. The van der Waals surface area contributed by atoms with Crippen molar-refractivity contribution in [2.75, 3.05) is 26.2 Å². The molecule has 0 N–H and O–H groups in total. The van der Waals surface area contributed by atoms with E-state index in [9.17, 15) is 0 Å². The molecule has 0 aromatic rings. The Bertz CT molecular complexity index is 290. The van der Waals surface area contributed by atoms with Gasteiger partial charge in [-0.1, -0.05) is 118 Å². The summed E-state index contributed by atoms with van der Waals surface area (Å²) in [5, 5.41) is 0. The van der Waals surface area contributed by atoms with Crippen LogP contribution in [0.1, 0.15) is 169 Å². The van der Waals surface area contributed by atoms with E-state index in [0.29, 0.717) is 0 Å². The SMILES string of the molecule is CCCCCCCC[N+](CCCCCC)(CCCCCCCC)CCCCCCCC.[I-]. The normalized spacial score (nSPS) is 11.6. The zero-order valence-electron chi connectivity index (χ0n) is 23.2. The lowest BCUT2D eigenvalue weighted by molar-refractivity contribution is -0.929. The maximum absolute atomic E-state index is 2.35. The molecule has 0 aliphatic rings. The Kier molecular flexibility index (Phi) is 30.4. The highest BCUT2D eigenvalue weighted by atomic mass is 127. The average Bonchev–Trinajstić information content (AvgIpc) is 2.78. The van der Waals surface area contributed by atoms with Crippen LogP contribution in [0.2, 0.25) is 0 Å². The summed E-state index contributed by atoms with van der Waals surface area (Å²) >= 11 is 0. The van der Waals surface area contributed by atoms with E-state index in [1.807, 2.05) is 0 Å². The van der Waals surface area contributed by atoms with E-state index < -0.39 is 0 Å². The van der Waals surface area contributed by atoms with Crippen molar-refractivity contribution in [1.29, 1.82) is 0 Å². The molecule has 0 aliphatic carbocycles.